The first kappa shape index (κ1) is 23.4. The Balaban J connectivity index is 2.52. The van der Waals surface area contributed by atoms with Gasteiger partial charge in [-0.15, -0.1) is 11.8 Å². The molecule has 7 heteroatoms. The minimum absolute atomic E-state index is 0.627. The smallest absolute Gasteiger partial charge is 0.150 e. The molecule has 0 amide bonds. The lowest BCUT2D eigenvalue weighted by molar-refractivity contribution is 0.189. The van der Waals surface area contributed by atoms with Crippen molar-refractivity contribution in [1.29, 1.82) is 0 Å². The first-order valence-electron chi connectivity index (χ1n) is 10.00. The summed E-state index contributed by atoms with van der Waals surface area (Å²) >= 11 is 1.76. The normalized spacial score (nSPS) is 11.0. The molecule has 0 aliphatic carbocycles. The highest BCUT2D eigenvalue weighted by atomic mass is 32.2. The van der Waals surface area contributed by atoms with Crippen molar-refractivity contribution >= 4 is 29.1 Å². The molecule has 0 aliphatic heterocycles. The Morgan fingerprint density at radius 3 is 2.07 bits per heavy atom. The lowest BCUT2D eigenvalue weighted by Crippen LogP contribution is -2.32. The van der Waals surface area contributed by atoms with E-state index in [1.807, 2.05) is 6.92 Å². The van der Waals surface area contributed by atoms with Crippen molar-refractivity contribution in [1.82, 2.24) is 9.97 Å². The molecule has 0 saturated carbocycles. The molecule has 1 aromatic heterocycles. The van der Waals surface area contributed by atoms with Crippen molar-refractivity contribution in [2.45, 2.75) is 39.5 Å². The number of hydrogen-bond acceptors (Lipinski definition) is 7. The van der Waals surface area contributed by atoms with Crippen molar-refractivity contribution in [3.05, 3.63) is 34.6 Å². The molecule has 0 atom stereocenters. The average Bonchev–Trinajstić information content (AvgIpc) is 2.66. The number of anilines is 3. The first-order chi connectivity index (χ1) is 13.9. The van der Waals surface area contributed by atoms with Gasteiger partial charge >= 0.3 is 0 Å². The Labute approximate surface area is 179 Å². The maximum absolute atomic E-state index is 5.32. The molecule has 6 nitrogen and oxygen atoms in total. The van der Waals surface area contributed by atoms with E-state index in [2.05, 4.69) is 50.0 Å². The predicted molar refractivity (Wildman–Crippen MR) is 123 cm³/mol. The minimum atomic E-state index is 0.627. The quantitative estimate of drug-likeness (QED) is 0.532. The fraction of sp³-hybridized carbons (Fsp3) is 0.545. The number of aryl methyl sites for hydroxylation is 4. The molecule has 160 valence electrons. The third-order valence-electron chi connectivity index (χ3n) is 4.60. The third-order valence-corrected chi connectivity index (χ3v) is 5.55. The zero-order chi connectivity index (χ0) is 21.4. The summed E-state index contributed by atoms with van der Waals surface area (Å²) < 4.78 is 10.6. The SMILES string of the molecule is CCSc1c(Nc2c(C)cc(C)cc2C)nc(C)nc1N(CCOC)CCOC. The molecule has 0 bridgehead atoms. The Hall–Kier alpha value is -1.83. The topological polar surface area (TPSA) is 59.5 Å². The molecular weight excluding hydrogens is 384 g/mol. The van der Waals surface area contributed by atoms with Gasteiger partial charge in [-0.3, -0.25) is 0 Å². The van der Waals surface area contributed by atoms with Crippen molar-refractivity contribution in [3.63, 3.8) is 0 Å². The van der Waals surface area contributed by atoms with Crippen LogP contribution in [0.5, 0.6) is 0 Å². The van der Waals surface area contributed by atoms with Gasteiger partial charge in [-0.1, -0.05) is 24.6 Å². The van der Waals surface area contributed by atoms with Gasteiger partial charge in [-0.2, -0.15) is 0 Å². The molecule has 0 saturated heterocycles. The molecule has 2 aromatic rings. The Morgan fingerprint density at radius 1 is 0.966 bits per heavy atom. The number of ether oxygens (including phenoxy) is 2. The number of nitrogens with zero attached hydrogens (tertiary/aromatic N) is 3. The van der Waals surface area contributed by atoms with Gasteiger partial charge in [-0.25, -0.2) is 9.97 Å². The minimum Gasteiger partial charge on any atom is -0.383 e. The summed E-state index contributed by atoms with van der Waals surface area (Å²) in [6, 6.07) is 4.39. The van der Waals surface area contributed by atoms with Gasteiger partial charge in [0.15, 0.2) is 0 Å². The average molecular weight is 419 g/mol. The fourth-order valence-corrected chi connectivity index (χ4v) is 4.17. The number of hydrogen-bond donors (Lipinski definition) is 1. The zero-order valence-electron chi connectivity index (χ0n) is 18.8. The first-order valence-corrected chi connectivity index (χ1v) is 11.0. The van der Waals surface area contributed by atoms with Gasteiger partial charge in [0.25, 0.3) is 0 Å². The van der Waals surface area contributed by atoms with Gasteiger partial charge in [0.05, 0.1) is 18.1 Å². The molecule has 1 N–H and O–H groups in total. The van der Waals surface area contributed by atoms with Crippen LogP contribution >= 0.6 is 11.8 Å². The zero-order valence-corrected chi connectivity index (χ0v) is 19.6. The summed E-state index contributed by atoms with van der Waals surface area (Å²) in [4.78, 5) is 12.8. The van der Waals surface area contributed by atoms with Gasteiger partial charge in [-0.05, 0) is 44.6 Å². The second-order valence-corrected chi connectivity index (χ2v) is 8.35. The van der Waals surface area contributed by atoms with E-state index in [0.717, 1.165) is 46.9 Å². The largest absolute Gasteiger partial charge is 0.383 e. The number of thioether (sulfide) groups is 1. The van der Waals surface area contributed by atoms with E-state index in [1.165, 1.54) is 16.7 Å². The fourth-order valence-electron chi connectivity index (χ4n) is 3.35. The van der Waals surface area contributed by atoms with Crippen LogP contribution in [0.2, 0.25) is 0 Å². The van der Waals surface area contributed by atoms with Gasteiger partial charge < -0.3 is 19.7 Å². The van der Waals surface area contributed by atoms with Gasteiger partial charge in [0.1, 0.15) is 17.5 Å². The summed E-state index contributed by atoms with van der Waals surface area (Å²) in [7, 11) is 3.44. The van der Waals surface area contributed by atoms with Crippen LogP contribution in [0.4, 0.5) is 17.3 Å². The Morgan fingerprint density at radius 2 is 1.55 bits per heavy atom. The van der Waals surface area contributed by atoms with Crippen LogP contribution in [0.1, 0.15) is 29.4 Å². The van der Waals surface area contributed by atoms with Crippen LogP contribution in [-0.4, -0.2) is 56.2 Å². The van der Waals surface area contributed by atoms with Crippen LogP contribution in [0, 0.1) is 27.7 Å². The standard InChI is InChI=1S/C22H34N4O2S/c1-8-29-20-21(25-19-16(3)13-15(2)14-17(19)4)23-18(5)24-22(20)26(9-11-27-6)10-12-28-7/h13-14H,8-12H2,1-7H3,(H,23,24,25). The third kappa shape index (κ3) is 6.32. The second kappa shape index (κ2) is 11.4. The van der Waals surface area contributed by atoms with E-state index < -0.39 is 0 Å². The molecule has 0 fully saturated rings. The van der Waals surface area contributed by atoms with E-state index in [1.54, 1.807) is 26.0 Å². The Kier molecular flexibility index (Phi) is 9.20. The molecule has 1 aromatic carbocycles. The van der Waals surface area contributed by atoms with E-state index >= 15 is 0 Å². The van der Waals surface area contributed by atoms with Crippen LogP contribution < -0.4 is 10.2 Å². The molecule has 1 heterocycles. The van der Waals surface area contributed by atoms with Crippen molar-refractivity contribution < 1.29 is 9.47 Å². The van der Waals surface area contributed by atoms with E-state index in [0.29, 0.717) is 13.2 Å². The number of aromatic nitrogens is 2. The molecule has 0 unspecified atom stereocenters. The number of nitrogens with one attached hydrogen (secondary N) is 1. The van der Waals surface area contributed by atoms with E-state index in [-0.39, 0.29) is 0 Å². The van der Waals surface area contributed by atoms with Crippen molar-refractivity contribution in [2.24, 2.45) is 0 Å². The second-order valence-electron chi connectivity index (χ2n) is 7.08. The monoisotopic (exact) mass is 418 g/mol. The lowest BCUT2D eigenvalue weighted by atomic mass is 10.1. The molecule has 2 rings (SSSR count). The highest BCUT2D eigenvalue weighted by Gasteiger charge is 2.20. The molecule has 0 spiro atoms. The van der Waals surface area contributed by atoms with Crippen molar-refractivity contribution in [2.75, 3.05) is 56.5 Å². The van der Waals surface area contributed by atoms with Gasteiger partial charge in [0.2, 0.25) is 0 Å². The highest BCUT2D eigenvalue weighted by Crippen LogP contribution is 2.37. The summed E-state index contributed by atoms with van der Waals surface area (Å²) in [6.07, 6.45) is 0. The van der Waals surface area contributed by atoms with E-state index in [4.69, 9.17) is 19.4 Å². The highest BCUT2D eigenvalue weighted by molar-refractivity contribution is 7.99. The maximum atomic E-state index is 5.32. The summed E-state index contributed by atoms with van der Waals surface area (Å²) in [6.45, 7) is 13.2. The Bertz CT molecular complexity index is 783. The predicted octanol–water partition coefficient (Wildman–Crippen LogP) is 4.67. The summed E-state index contributed by atoms with van der Waals surface area (Å²) in [5, 5.41) is 3.61. The molecule has 29 heavy (non-hydrogen) atoms. The number of benzene rings is 1. The van der Waals surface area contributed by atoms with Crippen LogP contribution in [0.3, 0.4) is 0 Å². The molecular formula is C22H34N4O2S. The van der Waals surface area contributed by atoms with Gasteiger partial charge in [0, 0.05) is 33.0 Å². The number of methoxy groups -OCH3 is 2. The summed E-state index contributed by atoms with van der Waals surface area (Å²) in [5.74, 6) is 3.46. The summed E-state index contributed by atoms with van der Waals surface area (Å²) in [5.41, 5.74) is 4.79. The van der Waals surface area contributed by atoms with E-state index in [9.17, 15) is 0 Å². The lowest BCUT2D eigenvalue weighted by Gasteiger charge is -2.27. The maximum Gasteiger partial charge on any atom is 0.150 e. The van der Waals surface area contributed by atoms with Crippen LogP contribution in [0.25, 0.3) is 0 Å². The molecule has 0 aliphatic rings. The van der Waals surface area contributed by atoms with Crippen LogP contribution in [0.15, 0.2) is 17.0 Å². The number of rotatable bonds is 11. The van der Waals surface area contributed by atoms with Crippen molar-refractivity contribution in [3.8, 4) is 0 Å². The van der Waals surface area contributed by atoms with Crippen LogP contribution in [-0.2, 0) is 9.47 Å². The molecule has 0 radical (unpaired) electrons.